The van der Waals surface area contributed by atoms with Crippen LogP contribution in [0.5, 0.6) is 0 Å². The van der Waals surface area contributed by atoms with Gasteiger partial charge in [-0.2, -0.15) is 0 Å². The van der Waals surface area contributed by atoms with Crippen LogP contribution >= 0.6 is 0 Å². The van der Waals surface area contributed by atoms with Gasteiger partial charge in [0.05, 0.1) is 6.26 Å². The lowest BCUT2D eigenvalue weighted by atomic mass is 9.69. The number of furan rings is 1. The van der Waals surface area contributed by atoms with E-state index >= 15 is 0 Å². The summed E-state index contributed by atoms with van der Waals surface area (Å²) in [6.45, 7) is 0. The molecule has 2 heteroatoms. The normalized spacial score (nSPS) is 34.4. The first-order valence-corrected chi connectivity index (χ1v) is 5.62. The molecule has 0 amide bonds. The number of rotatable bonds is 1. The van der Waals surface area contributed by atoms with E-state index in [-0.39, 0.29) is 17.8 Å². The van der Waals surface area contributed by atoms with Gasteiger partial charge in [0, 0.05) is 17.8 Å². The third-order valence-corrected chi connectivity index (χ3v) is 3.62. The van der Waals surface area contributed by atoms with Gasteiger partial charge >= 0.3 is 0 Å². The second-order valence-electron chi connectivity index (χ2n) is 4.47. The minimum absolute atomic E-state index is 0.167. The highest BCUT2D eigenvalue weighted by atomic mass is 16.3. The van der Waals surface area contributed by atoms with Gasteiger partial charge in [-0.3, -0.25) is 4.79 Å². The Morgan fingerprint density at radius 1 is 1.27 bits per heavy atom. The first-order chi connectivity index (χ1) is 7.36. The first-order valence-electron chi connectivity index (χ1n) is 5.62. The minimum atomic E-state index is 0.167. The molecule has 2 nitrogen and oxygen atoms in total. The molecule has 2 bridgehead atoms. The Morgan fingerprint density at radius 3 is 3.00 bits per heavy atom. The second-order valence-corrected chi connectivity index (χ2v) is 4.47. The largest absolute Gasteiger partial charge is 0.469 e. The molecule has 1 saturated carbocycles. The number of hydrogen-bond donors (Lipinski definition) is 0. The van der Waals surface area contributed by atoms with Crippen molar-refractivity contribution in [3.8, 4) is 0 Å². The Labute approximate surface area is 89.0 Å². The lowest BCUT2D eigenvalue weighted by molar-refractivity contribution is -0.128. The summed E-state index contributed by atoms with van der Waals surface area (Å²) in [6.07, 6.45) is 9.15. The van der Waals surface area contributed by atoms with Crippen LogP contribution < -0.4 is 0 Å². The number of hydrogen-bond acceptors (Lipinski definition) is 2. The zero-order valence-electron chi connectivity index (χ0n) is 8.56. The summed E-state index contributed by atoms with van der Waals surface area (Å²) in [7, 11) is 0. The van der Waals surface area contributed by atoms with Crippen molar-refractivity contribution in [3.63, 3.8) is 0 Å². The molecule has 0 unspecified atom stereocenters. The molecular formula is C13H14O2. The zero-order valence-corrected chi connectivity index (χ0v) is 8.56. The minimum Gasteiger partial charge on any atom is -0.469 e. The predicted molar refractivity (Wildman–Crippen MR) is 56.4 cm³/mol. The highest BCUT2D eigenvalue weighted by Gasteiger charge is 2.38. The molecule has 1 aromatic heterocycles. The Morgan fingerprint density at radius 2 is 2.20 bits per heavy atom. The summed E-state index contributed by atoms with van der Waals surface area (Å²) < 4.78 is 5.41. The molecule has 2 aliphatic rings. The van der Waals surface area contributed by atoms with Crippen molar-refractivity contribution < 1.29 is 9.21 Å². The maximum absolute atomic E-state index is 12.0. The van der Waals surface area contributed by atoms with Crippen molar-refractivity contribution >= 4 is 5.78 Å². The topological polar surface area (TPSA) is 30.2 Å². The molecule has 2 aliphatic carbocycles. The van der Waals surface area contributed by atoms with Crippen LogP contribution in [0.2, 0.25) is 0 Å². The first kappa shape index (κ1) is 8.96. The van der Waals surface area contributed by atoms with Gasteiger partial charge in [-0.25, -0.2) is 0 Å². The SMILES string of the molecule is O=C1[C@H]2CCC[C@@H]1C=C[C@H]2c1ccco1. The van der Waals surface area contributed by atoms with E-state index in [1.165, 1.54) is 6.42 Å². The Hall–Kier alpha value is -1.31. The van der Waals surface area contributed by atoms with Crippen LogP contribution in [0.25, 0.3) is 0 Å². The summed E-state index contributed by atoms with van der Waals surface area (Å²) in [6, 6.07) is 3.86. The highest BCUT2D eigenvalue weighted by molar-refractivity contribution is 5.88. The summed E-state index contributed by atoms with van der Waals surface area (Å²) in [5.74, 6) is 1.90. The molecule has 0 aromatic carbocycles. The Bertz CT molecular complexity index is 389. The van der Waals surface area contributed by atoms with E-state index in [1.54, 1.807) is 6.26 Å². The monoisotopic (exact) mass is 202 g/mol. The molecule has 0 saturated heterocycles. The summed E-state index contributed by atoms with van der Waals surface area (Å²) in [5.41, 5.74) is 0. The van der Waals surface area contributed by atoms with E-state index in [9.17, 15) is 4.79 Å². The van der Waals surface area contributed by atoms with Crippen LogP contribution in [-0.4, -0.2) is 5.78 Å². The van der Waals surface area contributed by atoms with Crippen molar-refractivity contribution in [2.45, 2.75) is 25.2 Å². The molecule has 0 spiro atoms. The van der Waals surface area contributed by atoms with Crippen LogP contribution in [0.3, 0.4) is 0 Å². The van der Waals surface area contributed by atoms with Gasteiger partial charge in [-0.15, -0.1) is 0 Å². The molecule has 0 N–H and O–H groups in total. The average molecular weight is 202 g/mol. The molecule has 78 valence electrons. The molecular weight excluding hydrogens is 188 g/mol. The van der Waals surface area contributed by atoms with Crippen molar-refractivity contribution in [2.24, 2.45) is 11.8 Å². The van der Waals surface area contributed by atoms with E-state index in [0.29, 0.717) is 5.78 Å². The molecule has 3 atom stereocenters. The molecule has 15 heavy (non-hydrogen) atoms. The van der Waals surface area contributed by atoms with E-state index in [0.717, 1.165) is 18.6 Å². The fourth-order valence-electron chi connectivity index (χ4n) is 2.83. The van der Waals surface area contributed by atoms with Gasteiger partial charge in [0.15, 0.2) is 0 Å². The second kappa shape index (κ2) is 3.37. The van der Waals surface area contributed by atoms with Gasteiger partial charge in [-0.1, -0.05) is 18.6 Å². The van der Waals surface area contributed by atoms with Crippen LogP contribution in [0.4, 0.5) is 0 Å². The number of carbonyl (C=O) groups excluding carboxylic acids is 1. The molecule has 1 heterocycles. The van der Waals surface area contributed by atoms with Crippen molar-refractivity contribution in [1.29, 1.82) is 0 Å². The zero-order chi connectivity index (χ0) is 10.3. The summed E-state index contributed by atoms with van der Waals surface area (Å²) in [5, 5.41) is 0. The number of carbonyl (C=O) groups is 1. The summed E-state index contributed by atoms with van der Waals surface area (Å²) in [4.78, 5) is 12.0. The number of fused-ring (bicyclic) bond motifs is 2. The standard InChI is InChI=1S/C13H14O2/c14-13-9-3-1-4-11(13)10(7-6-9)12-5-2-8-15-12/h2,5-11H,1,3-4H2/t9-,10-,11+/m1/s1. The van der Waals surface area contributed by atoms with Crippen LogP contribution in [0, 0.1) is 11.8 Å². The van der Waals surface area contributed by atoms with E-state index in [1.807, 2.05) is 12.1 Å². The highest BCUT2D eigenvalue weighted by Crippen LogP contribution is 2.41. The number of ketones is 1. The van der Waals surface area contributed by atoms with Gasteiger partial charge in [-0.05, 0) is 25.0 Å². The van der Waals surface area contributed by atoms with Crippen molar-refractivity contribution in [3.05, 3.63) is 36.3 Å². The molecule has 0 aliphatic heterocycles. The molecule has 3 rings (SSSR count). The summed E-state index contributed by atoms with van der Waals surface area (Å²) >= 11 is 0. The van der Waals surface area contributed by atoms with Gasteiger partial charge in [0.2, 0.25) is 0 Å². The maximum atomic E-state index is 12.0. The smallest absolute Gasteiger partial charge is 0.143 e. The van der Waals surface area contributed by atoms with E-state index < -0.39 is 0 Å². The van der Waals surface area contributed by atoms with Crippen molar-refractivity contribution in [2.75, 3.05) is 0 Å². The Balaban J connectivity index is 1.97. The van der Waals surface area contributed by atoms with Crippen molar-refractivity contribution in [1.82, 2.24) is 0 Å². The Kier molecular flexibility index (Phi) is 2.01. The lowest BCUT2D eigenvalue weighted by Crippen LogP contribution is -2.34. The fraction of sp³-hybridized carbons (Fsp3) is 0.462. The number of allylic oxidation sites excluding steroid dienone is 2. The third-order valence-electron chi connectivity index (χ3n) is 3.62. The van der Waals surface area contributed by atoms with E-state index in [2.05, 4.69) is 12.2 Å². The molecule has 0 radical (unpaired) electrons. The third kappa shape index (κ3) is 1.36. The number of Topliss-reactive ketones (excluding diaryl/α,β-unsaturated/α-hetero) is 1. The molecule has 1 aromatic rings. The van der Waals surface area contributed by atoms with Gasteiger partial charge < -0.3 is 4.42 Å². The lowest BCUT2D eigenvalue weighted by Gasteiger charge is -2.33. The predicted octanol–water partition coefficient (Wildman–Crippen LogP) is 2.92. The maximum Gasteiger partial charge on any atom is 0.143 e. The van der Waals surface area contributed by atoms with Gasteiger partial charge in [0.25, 0.3) is 0 Å². The van der Waals surface area contributed by atoms with Crippen LogP contribution in [0.1, 0.15) is 30.9 Å². The average Bonchev–Trinajstić information content (AvgIpc) is 2.70. The van der Waals surface area contributed by atoms with Crippen LogP contribution in [0.15, 0.2) is 35.0 Å². The van der Waals surface area contributed by atoms with Crippen LogP contribution in [-0.2, 0) is 4.79 Å². The molecule has 1 fully saturated rings. The van der Waals surface area contributed by atoms with E-state index in [4.69, 9.17) is 4.42 Å². The quantitative estimate of drug-likeness (QED) is 0.655. The fourth-order valence-corrected chi connectivity index (χ4v) is 2.83. The van der Waals surface area contributed by atoms with Gasteiger partial charge in [0.1, 0.15) is 11.5 Å².